The highest BCUT2D eigenvalue weighted by molar-refractivity contribution is 5.79. The van der Waals surface area contributed by atoms with E-state index in [-0.39, 0.29) is 12.4 Å². The zero-order valence-electron chi connectivity index (χ0n) is 16.0. The van der Waals surface area contributed by atoms with E-state index in [2.05, 4.69) is 10.3 Å². The number of aliphatic imine (C=N–C) groups is 1. The fourth-order valence-corrected chi connectivity index (χ4v) is 2.93. The van der Waals surface area contributed by atoms with Crippen molar-refractivity contribution in [3.63, 3.8) is 0 Å². The van der Waals surface area contributed by atoms with Crippen molar-refractivity contribution in [1.29, 1.82) is 5.26 Å². The standard InChI is InChI=1S/C21H23FN4O2/c1-3-24-21(25-13-17-10-15(12-23)4-6-18(17)22)26(2)14-16-5-7-19-20(11-16)28-9-8-27-19/h4-7,10-11H,3,8-9,13-14H2,1-2H3,(H,24,25). The lowest BCUT2D eigenvalue weighted by Crippen LogP contribution is -2.38. The Morgan fingerprint density at radius 1 is 1.21 bits per heavy atom. The summed E-state index contributed by atoms with van der Waals surface area (Å²) in [6.45, 7) is 4.52. The van der Waals surface area contributed by atoms with Crippen LogP contribution < -0.4 is 14.8 Å². The molecule has 2 aromatic rings. The Morgan fingerprint density at radius 2 is 2.00 bits per heavy atom. The van der Waals surface area contributed by atoms with Gasteiger partial charge in [-0.15, -0.1) is 0 Å². The van der Waals surface area contributed by atoms with Crippen LogP contribution in [-0.4, -0.2) is 37.7 Å². The van der Waals surface area contributed by atoms with Crippen molar-refractivity contribution >= 4 is 5.96 Å². The first-order valence-corrected chi connectivity index (χ1v) is 9.17. The van der Waals surface area contributed by atoms with Crippen molar-refractivity contribution in [3.8, 4) is 17.6 Å². The normalized spacial score (nSPS) is 13.0. The minimum atomic E-state index is -0.368. The van der Waals surface area contributed by atoms with Crippen LogP contribution in [0.3, 0.4) is 0 Å². The van der Waals surface area contributed by atoms with Gasteiger partial charge in [0.1, 0.15) is 19.0 Å². The third-order valence-corrected chi connectivity index (χ3v) is 4.30. The van der Waals surface area contributed by atoms with E-state index in [1.54, 1.807) is 0 Å². The summed E-state index contributed by atoms with van der Waals surface area (Å²) < 4.78 is 25.2. The van der Waals surface area contributed by atoms with Gasteiger partial charge in [-0.3, -0.25) is 0 Å². The van der Waals surface area contributed by atoms with Gasteiger partial charge in [-0.1, -0.05) is 6.07 Å². The monoisotopic (exact) mass is 382 g/mol. The first-order chi connectivity index (χ1) is 13.6. The minimum Gasteiger partial charge on any atom is -0.486 e. The summed E-state index contributed by atoms with van der Waals surface area (Å²) in [6, 6.07) is 12.2. The lowest BCUT2D eigenvalue weighted by molar-refractivity contribution is 0.171. The Balaban J connectivity index is 1.74. The molecule has 0 amide bonds. The van der Waals surface area contributed by atoms with Gasteiger partial charge in [0, 0.05) is 25.7 Å². The smallest absolute Gasteiger partial charge is 0.194 e. The van der Waals surface area contributed by atoms with Crippen LogP contribution in [-0.2, 0) is 13.1 Å². The van der Waals surface area contributed by atoms with Crippen molar-refractivity contribution in [1.82, 2.24) is 10.2 Å². The molecule has 0 aromatic heterocycles. The summed E-state index contributed by atoms with van der Waals surface area (Å²) in [4.78, 5) is 6.49. The molecule has 0 radical (unpaired) electrons. The molecule has 1 aliphatic rings. The molecule has 146 valence electrons. The molecule has 3 rings (SSSR count). The first-order valence-electron chi connectivity index (χ1n) is 9.17. The fraction of sp³-hybridized carbons (Fsp3) is 0.333. The lowest BCUT2D eigenvalue weighted by atomic mass is 10.1. The summed E-state index contributed by atoms with van der Waals surface area (Å²) >= 11 is 0. The van der Waals surface area contributed by atoms with Crippen molar-refractivity contribution in [2.45, 2.75) is 20.0 Å². The van der Waals surface area contributed by atoms with Gasteiger partial charge in [0.25, 0.3) is 0 Å². The number of rotatable bonds is 5. The van der Waals surface area contributed by atoms with Crippen LogP contribution in [0, 0.1) is 17.1 Å². The Labute approximate surface area is 164 Å². The summed E-state index contributed by atoms with van der Waals surface area (Å²) in [6.07, 6.45) is 0. The molecule has 1 aliphatic heterocycles. The molecule has 0 spiro atoms. The van der Waals surface area contributed by atoms with Crippen molar-refractivity contribution in [3.05, 3.63) is 58.9 Å². The first kappa shape index (κ1) is 19.5. The number of nitrogens with one attached hydrogen (secondary N) is 1. The maximum absolute atomic E-state index is 14.0. The van der Waals surface area contributed by atoms with Crippen LogP contribution >= 0.6 is 0 Å². The number of benzene rings is 2. The van der Waals surface area contributed by atoms with Gasteiger partial charge in [-0.2, -0.15) is 5.26 Å². The molecule has 0 unspecified atom stereocenters. The second-order valence-corrected chi connectivity index (χ2v) is 6.42. The third-order valence-electron chi connectivity index (χ3n) is 4.30. The minimum absolute atomic E-state index is 0.148. The van der Waals surface area contributed by atoms with Crippen LogP contribution in [0.5, 0.6) is 11.5 Å². The number of nitrogens with zero attached hydrogens (tertiary/aromatic N) is 3. The molecule has 0 fully saturated rings. The van der Waals surface area contributed by atoms with Gasteiger partial charge in [0.2, 0.25) is 0 Å². The average molecular weight is 382 g/mol. The number of hydrogen-bond acceptors (Lipinski definition) is 4. The van der Waals surface area contributed by atoms with Crippen molar-refractivity contribution in [2.75, 3.05) is 26.8 Å². The maximum atomic E-state index is 14.0. The van der Waals surface area contributed by atoms with Crippen LogP contribution in [0.4, 0.5) is 4.39 Å². The summed E-state index contributed by atoms with van der Waals surface area (Å²) in [5.74, 6) is 1.78. The second-order valence-electron chi connectivity index (χ2n) is 6.42. The number of ether oxygens (including phenoxy) is 2. The van der Waals surface area contributed by atoms with Crippen molar-refractivity contribution in [2.24, 2.45) is 4.99 Å². The average Bonchev–Trinajstić information content (AvgIpc) is 2.72. The number of halogens is 1. The zero-order chi connectivity index (χ0) is 19.9. The quantitative estimate of drug-likeness (QED) is 0.636. The number of nitriles is 1. The largest absolute Gasteiger partial charge is 0.486 e. The van der Waals surface area contributed by atoms with Gasteiger partial charge in [-0.25, -0.2) is 9.38 Å². The third kappa shape index (κ3) is 4.71. The highest BCUT2D eigenvalue weighted by Crippen LogP contribution is 2.31. The second kappa shape index (κ2) is 9.09. The molecule has 7 heteroatoms. The molecular formula is C21H23FN4O2. The molecule has 28 heavy (non-hydrogen) atoms. The Bertz CT molecular complexity index is 908. The van der Waals surface area contributed by atoms with E-state index in [9.17, 15) is 4.39 Å². The molecule has 1 heterocycles. The van der Waals surface area contributed by atoms with Gasteiger partial charge < -0.3 is 19.7 Å². The molecule has 0 saturated carbocycles. The van der Waals surface area contributed by atoms with Gasteiger partial charge >= 0.3 is 0 Å². The maximum Gasteiger partial charge on any atom is 0.194 e. The highest BCUT2D eigenvalue weighted by atomic mass is 19.1. The molecule has 0 aliphatic carbocycles. The summed E-state index contributed by atoms with van der Waals surface area (Å²) in [7, 11) is 1.92. The van der Waals surface area contributed by atoms with E-state index in [1.807, 2.05) is 43.1 Å². The van der Waals surface area contributed by atoms with Crippen LogP contribution in [0.15, 0.2) is 41.4 Å². The molecule has 2 aromatic carbocycles. The summed E-state index contributed by atoms with van der Waals surface area (Å²) in [5.41, 5.74) is 1.86. The Morgan fingerprint density at radius 3 is 2.75 bits per heavy atom. The SMILES string of the molecule is CCNC(=NCc1cc(C#N)ccc1F)N(C)Cc1ccc2c(c1)OCCO2. The van der Waals surface area contributed by atoms with E-state index < -0.39 is 0 Å². The van der Waals surface area contributed by atoms with Gasteiger partial charge in [0.05, 0.1) is 18.2 Å². The van der Waals surface area contributed by atoms with E-state index in [0.29, 0.717) is 43.4 Å². The number of fused-ring (bicyclic) bond motifs is 1. The molecule has 6 nitrogen and oxygen atoms in total. The Kier molecular flexibility index (Phi) is 6.33. The van der Waals surface area contributed by atoms with E-state index in [0.717, 1.165) is 17.1 Å². The molecule has 0 atom stereocenters. The molecule has 0 bridgehead atoms. The molecular weight excluding hydrogens is 359 g/mol. The van der Waals surface area contributed by atoms with Gasteiger partial charge in [0.15, 0.2) is 17.5 Å². The van der Waals surface area contributed by atoms with Crippen LogP contribution in [0.2, 0.25) is 0 Å². The van der Waals surface area contributed by atoms with Crippen molar-refractivity contribution < 1.29 is 13.9 Å². The lowest BCUT2D eigenvalue weighted by Gasteiger charge is -2.24. The Hall–Kier alpha value is -3.27. The van der Waals surface area contributed by atoms with Gasteiger partial charge in [-0.05, 0) is 42.8 Å². The topological polar surface area (TPSA) is 69.9 Å². The van der Waals surface area contributed by atoms with E-state index in [4.69, 9.17) is 14.7 Å². The highest BCUT2D eigenvalue weighted by Gasteiger charge is 2.14. The summed E-state index contributed by atoms with van der Waals surface area (Å²) in [5, 5.41) is 12.2. The number of hydrogen-bond donors (Lipinski definition) is 1. The van der Waals surface area contributed by atoms with E-state index in [1.165, 1.54) is 18.2 Å². The van der Waals surface area contributed by atoms with Crippen LogP contribution in [0.1, 0.15) is 23.6 Å². The fourth-order valence-electron chi connectivity index (χ4n) is 2.93. The predicted molar refractivity (Wildman–Crippen MR) is 105 cm³/mol. The van der Waals surface area contributed by atoms with Crippen LogP contribution in [0.25, 0.3) is 0 Å². The predicted octanol–water partition coefficient (Wildman–Crippen LogP) is 3.07. The molecule has 1 N–H and O–H groups in total. The molecule has 0 saturated heterocycles. The number of guanidine groups is 1. The zero-order valence-corrected chi connectivity index (χ0v) is 16.0. The van der Waals surface area contributed by atoms with E-state index >= 15 is 0 Å².